The van der Waals surface area contributed by atoms with Crippen molar-refractivity contribution in [3.63, 3.8) is 0 Å². The molecule has 0 spiro atoms. The van der Waals surface area contributed by atoms with Crippen molar-refractivity contribution >= 4 is 11.9 Å². The number of hydrogen-bond acceptors (Lipinski definition) is 8. The van der Waals surface area contributed by atoms with Crippen LogP contribution >= 0.6 is 0 Å². The Bertz CT molecular complexity index is 276. The predicted octanol–water partition coefficient (Wildman–Crippen LogP) is -3.87. The molecule has 8 nitrogen and oxygen atoms in total. The SMILES string of the molecule is O=C([O-])CN1CCOCCN(CC(=O)[O-])CCOCC1.[Fe+5]. The Morgan fingerprint density at radius 2 is 1.05 bits per heavy atom. The van der Waals surface area contributed by atoms with E-state index in [1.54, 1.807) is 9.80 Å². The van der Waals surface area contributed by atoms with E-state index in [0.29, 0.717) is 52.6 Å². The number of rotatable bonds is 4. The second-order valence-electron chi connectivity index (χ2n) is 4.52. The Kier molecular flexibility index (Phi) is 11.5. The number of nitrogens with zero attached hydrogens (tertiary/aromatic N) is 2. The number of carboxylic acids is 2. The summed E-state index contributed by atoms with van der Waals surface area (Å²) in [5.74, 6) is -2.26. The average molecular weight is 344 g/mol. The van der Waals surface area contributed by atoms with Crippen LogP contribution in [0.3, 0.4) is 0 Å². The van der Waals surface area contributed by atoms with Crippen LogP contribution in [0.4, 0.5) is 0 Å². The first-order valence-corrected chi connectivity index (χ1v) is 6.58. The van der Waals surface area contributed by atoms with Crippen molar-refractivity contribution in [2.24, 2.45) is 0 Å². The van der Waals surface area contributed by atoms with Gasteiger partial charge in [-0.2, -0.15) is 0 Å². The Labute approximate surface area is 134 Å². The van der Waals surface area contributed by atoms with Crippen LogP contribution in [0.15, 0.2) is 0 Å². The van der Waals surface area contributed by atoms with E-state index in [9.17, 15) is 19.8 Å². The largest absolute Gasteiger partial charge is 5.00 e. The Balaban J connectivity index is 0.00000400. The first kappa shape index (κ1) is 20.3. The molecule has 0 atom stereocenters. The molecular formula is C12H20FeN2O6+3. The van der Waals surface area contributed by atoms with Gasteiger partial charge in [-0.05, 0) is 0 Å². The van der Waals surface area contributed by atoms with Crippen molar-refractivity contribution in [1.29, 1.82) is 0 Å². The Morgan fingerprint density at radius 1 is 0.762 bits per heavy atom. The molecule has 1 rings (SSSR count). The van der Waals surface area contributed by atoms with Gasteiger partial charge in [0.15, 0.2) is 0 Å². The van der Waals surface area contributed by atoms with E-state index in [0.717, 1.165) is 0 Å². The van der Waals surface area contributed by atoms with Crippen LogP contribution < -0.4 is 10.2 Å². The van der Waals surface area contributed by atoms with Crippen molar-refractivity contribution < 1.29 is 46.3 Å². The van der Waals surface area contributed by atoms with Crippen LogP contribution in [0.25, 0.3) is 0 Å². The number of hydrogen-bond donors (Lipinski definition) is 0. The van der Waals surface area contributed by atoms with Crippen molar-refractivity contribution in [2.45, 2.75) is 0 Å². The van der Waals surface area contributed by atoms with Gasteiger partial charge in [0, 0.05) is 39.3 Å². The van der Waals surface area contributed by atoms with Gasteiger partial charge < -0.3 is 29.3 Å². The van der Waals surface area contributed by atoms with Gasteiger partial charge in [0.1, 0.15) is 0 Å². The number of carboxylic acid groups (broad SMARTS) is 2. The normalized spacial score (nSPS) is 19.8. The summed E-state index contributed by atoms with van der Waals surface area (Å²) in [6.07, 6.45) is 0. The zero-order valence-corrected chi connectivity index (χ0v) is 12.9. The summed E-state index contributed by atoms with van der Waals surface area (Å²) in [6, 6.07) is 0. The van der Waals surface area contributed by atoms with Crippen molar-refractivity contribution in [1.82, 2.24) is 9.80 Å². The first-order valence-electron chi connectivity index (χ1n) is 6.58. The van der Waals surface area contributed by atoms with Crippen LogP contribution in [0.2, 0.25) is 0 Å². The van der Waals surface area contributed by atoms with Crippen LogP contribution in [0, 0.1) is 0 Å². The third kappa shape index (κ3) is 10.6. The van der Waals surface area contributed by atoms with E-state index in [4.69, 9.17) is 9.47 Å². The van der Waals surface area contributed by atoms with Gasteiger partial charge in [-0.25, -0.2) is 0 Å². The fourth-order valence-corrected chi connectivity index (χ4v) is 1.88. The van der Waals surface area contributed by atoms with Gasteiger partial charge in [0.2, 0.25) is 0 Å². The molecule has 1 aliphatic heterocycles. The van der Waals surface area contributed by atoms with Crippen LogP contribution in [-0.2, 0) is 36.1 Å². The molecule has 21 heavy (non-hydrogen) atoms. The van der Waals surface area contributed by atoms with E-state index in [-0.39, 0.29) is 30.2 Å². The summed E-state index contributed by atoms with van der Waals surface area (Å²) < 4.78 is 10.8. The molecule has 0 amide bonds. The summed E-state index contributed by atoms with van der Waals surface area (Å²) >= 11 is 0. The van der Waals surface area contributed by atoms with E-state index >= 15 is 0 Å². The monoisotopic (exact) mass is 344 g/mol. The predicted molar refractivity (Wildman–Crippen MR) is 64.5 cm³/mol. The quantitative estimate of drug-likeness (QED) is 0.477. The van der Waals surface area contributed by atoms with E-state index in [1.807, 2.05) is 0 Å². The number of carbonyl (C=O) groups is 2. The maximum atomic E-state index is 10.6. The Hall–Kier alpha value is -0.701. The van der Waals surface area contributed by atoms with Crippen molar-refractivity contribution in [2.75, 3.05) is 65.7 Å². The van der Waals surface area contributed by atoms with Gasteiger partial charge >= 0.3 is 17.1 Å². The molecule has 0 bridgehead atoms. The summed E-state index contributed by atoms with van der Waals surface area (Å²) in [7, 11) is 0. The van der Waals surface area contributed by atoms with Crippen molar-refractivity contribution in [3.05, 3.63) is 0 Å². The fraction of sp³-hybridized carbons (Fsp3) is 0.833. The molecule has 0 N–H and O–H groups in total. The minimum absolute atomic E-state index is 0. The maximum absolute atomic E-state index is 10.6. The molecule has 0 aromatic rings. The summed E-state index contributed by atoms with van der Waals surface area (Å²) in [4.78, 5) is 24.6. The number of aliphatic carboxylic acids is 2. The molecule has 1 saturated heterocycles. The van der Waals surface area contributed by atoms with Crippen molar-refractivity contribution in [3.8, 4) is 0 Å². The Morgan fingerprint density at radius 3 is 1.29 bits per heavy atom. The molecule has 1 heterocycles. The molecular weight excluding hydrogens is 324 g/mol. The second kappa shape index (κ2) is 11.9. The summed E-state index contributed by atoms with van der Waals surface area (Å²) in [5, 5.41) is 21.2. The molecule has 0 aromatic heterocycles. The number of carbonyl (C=O) groups excluding carboxylic acids is 2. The maximum Gasteiger partial charge on any atom is 5.00 e. The van der Waals surface area contributed by atoms with Gasteiger partial charge in [0.05, 0.1) is 38.4 Å². The zero-order valence-electron chi connectivity index (χ0n) is 11.8. The molecule has 0 saturated carbocycles. The van der Waals surface area contributed by atoms with E-state index < -0.39 is 11.9 Å². The zero-order chi connectivity index (χ0) is 14.8. The molecule has 1 aliphatic rings. The molecule has 1 fully saturated rings. The molecule has 9 heteroatoms. The summed E-state index contributed by atoms with van der Waals surface area (Å²) in [6.45, 7) is 3.11. The van der Waals surface area contributed by atoms with Crippen LogP contribution in [0.5, 0.6) is 0 Å². The molecule has 0 aromatic carbocycles. The number of ether oxygens (including phenoxy) is 2. The molecule has 0 unspecified atom stereocenters. The smallest absolute Gasteiger partial charge is 0.549 e. The summed E-state index contributed by atoms with van der Waals surface area (Å²) in [5.41, 5.74) is 0. The molecule has 0 aliphatic carbocycles. The van der Waals surface area contributed by atoms with E-state index in [2.05, 4.69) is 0 Å². The minimum Gasteiger partial charge on any atom is -0.549 e. The topological polar surface area (TPSA) is 105 Å². The molecule has 119 valence electrons. The third-order valence-electron chi connectivity index (χ3n) is 2.91. The first-order chi connectivity index (χ1) is 9.58. The third-order valence-corrected chi connectivity index (χ3v) is 2.91. The standard InChI is InChI=1S/C12H22N2O6.Fe/c15-11(16)9-13-1-5-19-7-3-14(10-12(17)18)4-8-20-6-2-13;/h1-10H2,(H,15,16)(H,17,18);/q;+5/p-2. The molecule has 1 radical (unpaired) electrons. The van der Waals surface area contributed by atoms with Gasteiger partial charge in [-0.15, -0.1) is 0 Å². The van der Waals surface area contributed by atoms with E-state index in [1.165, 1.54) is 0 Å². The van der Waals surface area contributed by atoms with Crippen LogP contribution in [-0.4, -0.2) is 87.4 Å². The fourth-order valence-electron chi connectivity index (χ4n) is 1.88. The average Bonchev–Trinajstić information content (AvgIpc) is 2.33. The van der Waals surface area contributed by atoms with Crippen LogP contribution in [0.1, 0.15) is 0 Å². The van der Waals surface area contributed by atoms with Gasteiger partial charge in [0.25, 0.3) is 0 Å². The second-order valence-corrected chi connectivity index (χ2v) is 4.52. The minimum atomic E-state index is -1.13. The van der Waals surface area contributed by atoms with Gasteiger partial charge in [-0.1, -0.05) is 0 Å². The van der Waals surface area contributed by atoms with Gasteiger partial charge in [-0.3, -0.25) is 9.80 Å².